The third kappa shape index (κ3) is 3.24. The van der Waals surface area contributed by atoms with Crippen molar-refractivity contribution in [3.63, 3.8) is 0 Å². The number of anilines is 1. The fourth-order valence-electron chi connectivity index (χ4n) is 2.56. The molecule has 2 N–H and O–H groups in total. The van der Waals surface area contributed by atoms with Crippen LogP contribution in [0, 0.1) is 5.92 Å². The Morgan fingerprint density at radius 3 is 3.06 bits per heavy atom. The Morgan fingerprint density at radius 1 is 1.56 bits per heavy atom. The van der Waals surface area contributed by atoms with Gasteiger partial charge in [-0.2, -0.15) is 5.10 Å². The maximum absolute atomic E-state index is 11.2. The second-order valence-electron chi connectivity index (χ2n) is 5.03. The van der Waals surface area contributed by atoms with Gasteiger partial charge in [-0.25, -0.2) is 0 Å². The van der Waals surface area contributed by atoms with Crippen molar-refractivity contribution in [2.75, 3.05) is 12.4 Å². The second-order valence-corrected chi connectivity index (χ2v) is 5.03. The van der Waals surface area contributed by atoms with Crippen molar-refractivity contribution in [3.05, 3.63) is 12.4 Å². The van der Waals surface area contributed by atoms with E-state index in [0.717, 1.165) is 11.6 Å². The van der Waals surface area contributed by atoms with Crippen LogP contribution in [-0.2, 0) is 11.3 Å². The van der Waals surface area contributed by atoms with Crippen molar-refractivity contribution in [2.45, 2.75) is 45.2 Å². The molecule has 0 aliphatic heterocycles. The molecule has 1 aliphatic carbocycles. The summed E-state index contributed by atoms with van der Waals surface area (Å²) in [5.41, 5.74) is 1.01. The summed E-state index contributed by atoms with van der Waals surface area (Å²) in [6.07, 6.45) is 8.77. The molecule has 2 unspecified atom stereocenters. The van der Waals surface area contributed by atoms with Gasteiger partial charge >= 0.3 is 0 Å². The number of nitrogens with one attached hydrogen (secondary N) is 2. The molecule has 2 atom stereocenters. The highest BCUT2D eigenvalue weighted by molar-refractivity contribution is 5.75. The standard InChI is InChI=1S/C13H22N4O/c1-3-10-4-5-11(6-10)16-12-7-15-17(8-12)9-13(18)14-2/h7-8,10-11,16H,3-6,9H2,1-2H3,(H,14,18). The Morgan fingerprint density at radius 2 is 2.39 bits per heavy atom. The van der Waals surface area contributed by atoms with E-state index in [1.807, 2.05) is 6.20 Å². The molecule has 5 heteroatoms. The number of carbonyl (C=O) groups excluding carboxylic acids is 1. The Balaban J connectivity index is 1.85. The average Bonchev–Trinajstić information content (AvgIpc) is 2.99. The van der Waals surface area contributed by atoms with Gasteiger partial charge in [-0.1, -0.05) is 13.3 Å². The largest absolute Gasteiger partial charge is 0.380 e. The summed E-state index contributed by atoms with van der Waals surface area (Å²) in [6.45, 7) is 2.54. The SMILES string of the molecule is CCC1CCC(Nc2cnn(CC(=O)NC)c2)C1. The molecular weight excluding hydrogens is 228 g/mol. The van der Waals surface area contributed by atoms with Crippen LogP contribution in [-0.4, -0.2) is 28.8 Å². The number of hydrogen-bond acceptors (Lipinski definition) is 3. The van der Waals surface area contributed by atoms with E-state index < -0.39 is 0 Å². The molecule has 5 nitrogen and oxygen atoms in total. The number of likely N-dealkylation sites (N-methyl/N-ethyl adjacent to an activating group) is 1. The molecule has 1 aromatic rings. The van der Waals surface area contributed by atoms with Gasteiger partial charge in [0.25, 0.3) is 0 Å². The lowest BCUT2D eigenvalue weighted by molar-refractivity contribution is -0.121. The summed E-state index contributed by atoms with van der Waals surface area (Å²) in [5.74, 6) is 0.833. The van der Waals surface area contributed by atoms with Crippen LogP contribution in [0.25, 0.3) is 0 Å². The van der Waals surface area contributed by atoms with Crippen molar-refractivity contribution in [1.29, 1.82) is 0 Å². The summed E-state index contributed by atoms with van der Waals surface area (Å²) < 4.78 is 1.66. The molecule has 0 radical (unpaired) electrons. The van der Waals surface area contributed by atoms with E-state index in [2.05, 4.69) is 22.7 Å². The zero-order chi connectivity index (χ0) is 13.0. The van der Waals surface area contributed by atoms with Gasteiger partial charge < -0.3 is 10.6 Å². The normalized spacial score (nSPS) is 23.0. The third-order valence-corrected chi connectivity index (χ3v) is 3.71. The van der Waals surface area contributed by atoms with Crippen molar-refractivity contribution in [1.82, 2.24) is 15.1 Å². The molecular formula is C13H22N4O. The first-order chi connectivity index (χ1) is 8.71. The topological polar surface area (TPSA) is 59.0 Å². The number of amides is 1. The van der Waals surface area contributed by atoms with Crippen LogP contribution < -0.4 is 10.6 Å². The van der Waals surface area contributed by atoms with Crippen molar-refractivity contribution < 1.29 is 4.79 Å². The van der Waals surface area contributed by atoms with Crippen molar-refractivity contribution >= 4 is 11.6 Å². The molecule has 1 heterocycles. The summed E-state index contributed by atoms with van der Waals surface area (Å²) in [4.78, 5) is 11.2. The van der Waals surface area contributed by atoms with Crippen LogP contribution in [0.3, 0.4) is 0 Å². The maximum Gasteiger partial charge on any atom is 0.241 e. The molecule has 1 aromatic heterocycles. The van der Waals surface area contributed by atoms with Crippen LogP contribution >= 0.6 is 0 Å². The summed E-state index contributed by atoms with van der Waals surface area (Å²) in [7, 11) is 1.63. The highest BCUT2D eigenvalue weighted by atomic mass is 16.1. The fraction of sp³-hybridized carbons (Fsp3) is 0.692. The first-order valence-corrected chi connectivity index (χ1v) is 6.70. The monoisotopic (exact) mass is 250 g/mol. The minimum absolute atomic E-state index is 0.0310. The van der Waals surface area contributed by atoms with Crippen molar-refractivity contribution in [3.8, 4) is 0 Å². The average molecular weight is 250 g/mol. The summed E-state index contributed by atoms with van der Waals surface area (Å²) in [5, 5.41) is 10.3. The predicted octanol–water partition coefficient (Wildman–Crippen LogP) is 1.62. The molecule has 0 spiro atoms. The van der Waals surface area contributed by atoms with Gasteiger partial charge in [-0.15, -0.1) is 0 Å². The van der Waals surface area contributed by atoms with Crippen LogP contribution in [0.5, 0.6) is 0 Å². The summed E-state index contributed by atoms with van der Waals surface area (Å²) >= 11 is 0. The van der Waals surface area contributed by atoms with E-state index in [0.29, 0.717) is 6.04 Å². The van der Waals surface area contributed by atoms with E-state index in [1.165, 1.54) is 25.7 Å². The van der Waals surface area contributed by atoms with E-state index in [4.69, 9.17) is 0 Å². The van der Waals surface area contributed by atoms with Crippen LogP contribution in [0.2, 0.25) is 0 Å². The lowest BCUT2D eigenvalue weighted by Gasteiger charge is -2.12. The van der Waals surface area contributed by atoms with Gasteiger partial charge in [-0.05, 0) is 25.2 Å². The van der Waals surface area contributed by atoms with Gasteiger partial charge in [-0.3, -0.25) is 9.48 Å². The van der Waals surface area contributed by atoms with Crippen LogP contribution in [0.15, 0.2) is 12.4 Å². The highest BCUT2D eigenvalue weighted by Crippen LogP contribution is 2.29. The lowest BCUT2D eigenvalue weighted by atomic mass is 10.1. The highest BCUT2D eigenvalue weighted by Gasteiger charge is 2.23. The Labute approximate surface area is 108 Å². The minimum Gasteiger partial charge on any atom is -0.380 e. The van der Waals surface area contributed by atoms with Gasteiger partial charge in [0.2, 0.25) is 5.91 Å². The van der Waals surface area contributed by atoms with Gasteiger partial charge in [0.15, 0.2) is 0 Å². The second kappa shape index (κ2) is 5.89. The van der Waals surface area contributed by atoms with Crippen LogP contribution in [0.1, 0.15) is 32.6 Å². The Bertz CT molecular complexity index is 401. The quantitative estimate of drug-likeness (QED) is 0.835. The number of rotatable bonds is 5. The summed E-state index contributed by atoms with van der Waals surface area (Å²) in [6, 6.07) is 0.563. The first kappa shape index (κ1) is 12.9. The zero-order valence-electron chi connectivity index (χ0n) is 11.1. The molecule has 1 amide bonds. The number of hydrogen-bond donors (Lipinski definition) is 2. The zero-order valence-corrected chi connectivity index (χ0v) is 11.1. The van der Waals surface area contributed by atoms with Gasteiger partial charge in [0.1, 0.15) is 6.54 Å². The number of nitrogens with zero attached hydrogens (tertiary/aromatic N) is 2. The van der Waals surface area contributed by atoms with Crippen LogP contribution in [0.4, 0.5) is 5.69 Å². The van der Waals surface area contributed by atoms with E-state index in [9.17, 15) is 4.79 Å². The van der Waals surface area contributed by atoms with Crippen molar-refractivity contribution in [2.24, 2.45) is 5.92 Å². The third-order valence-electron chi connectivity index (χ3n) is 3.71. The molecule has 0 aromatic carbocycles. The first-order valence-electron chi connectivity index (χ1n) is 6.70. The Hall–Kier alpha value is -1.52. The maximum atomic E-state index is 11.2. The predicted molar refractivity (Wildman–Crippen MR) is 71.3 cm³/mol. The molecule has 1 aliphatic rings. The van der Waals surface area contributed by atoms with Gasteiger partial charge in [0, 0.05) is 19.3 Å². The molecule has 0 bridgehead atoms. The van der Waals surface area contributed by atoms with E-state index in [-0.39, 0.29) is 12.5 Å². The molecule has 1 saturated carbocycles. The van der Waals surface area contributed by atoms with Gasteiger partial charge in [0.05, 0.1) is 11.9 Å². The number of aromatic nitrogens is 2. The van der Waals surface area contributed by atoms with E-state index in [1.54, 1.807) is 17.9 Å². The molecule has 18 heavy (non-hydrogen) atoms. The minimum atomic E-state index is -0.0310. The molecule has 100 valence electrons. The van der Waals surface area contributed by atoms with E-state index >= 15 is 0 Å². The smallest absolute Gasteiger partial charge is 0.241 e. The molecule has 2 rings (SSSR count). The lowest BCUT2D eigenvalue weighted by Crippen LogP contribution is -2.23. The molecule has 0 saturated heterocycles. The Kier molecular flexibility index (Phi) is 4.23. The number of carbonyl (C=O) groups is 1. The molecule has 1 fully saturated rings. The fourth-order valence-corrected chi connectivity index (χ4v) is 2.56.